The monoisotopic (exact) mass is 184 g/mol. The van der Waals surface area contributed by atoms with Crippen LogP contribution in [0, 0.1) is 0 Å². The molecule has 0 saturated heterocycles. The molecule has 0 spiro atoms. The van der Waals surface area contributed by atoms with Crippen molar-refractivity contribution in [3.63, 3.8) is 0 Å². The van der Waals surface area contributed by atoms with Gasteiger partial charge >= 0.3 is 5.97 Å². The van der Waals surface area contributed by atoms with E-state index in [1.54, 1.807) is 6.07 Å². The van der Waals surface area contributed by atoms with Crippen LogP contribution in [-0.4, -0.2) is 18.2 Å². The van der Waals surface area contributed by atoms with E-state index in [0.29, 0.717) is 0 Å². The summed E-state index contributed by atoms with van der Waals surface area (Å²) >= 11 is 3.95. The predicted molar refractivity (Wildman–Crippen MR) is 46.7 cm³/mol. The van der Waals surface area contributed by atoms with Crippen molar-refractivity contribution in [1.29, 1.82) is 0 Å². The molecule has 0 bridgehead atoms. The fourth-order valence-electron chi connectivity index (χ4n) is 0.806. The molecule has 0 heterocycles. The highest BCUT2D eigenvalue weighted by molar-refractivity contribution is 7.80. The van der Waals surface area contributed by atoms with E-state index >= 15 is 0 Å². The number of thiol groups is 1. The fraction of sp³-hybridized carbons (Fsp3) is 0.125. The average Bonchev–Trinajstić information content (AvgIpc) is 2.08. The molecule has 0 fully saturated rings. The van der Waals surface area contributed by atoms with Gasteiger partial charge in [-0.25, -0.2) is 4.79 Å². The van der Waals surface area contributed by atoms with Gasteiger partial charge in [0.05, 0.1) is 17.6 Å². The topological polar surface area (TPSA) is 46.5 Å². The molecule has 1 rings (SSSR count). The minimum atomic E-state index is -0.504. The molecule has 0 unspecified atom stereocenters. The van der Waals surface area contributed by atoms with Crippen molar-refractivity contribution in [2.75, 3.05) is 7.11 Å². The number of carbonyl (C=O) groups is 1. The molecule has 0 amide bonds. The number of hydrogen-bond acceptors (Lipinski definition) is 4. The first kappa shape index (κ1) is 8.93. The molecule has 12 heavy (non-hydrogen) atoms. The van der Waals surface area contributed by atoms with Gasteiger partial charge in [0.25, 0.3) is 0 Å². The van der Waals surface area contributed by atoms with Crippen molar-refractivity contribution in [3.05, 3.63) is 23.8 Å². The van der Waals surface area contributed by atoms with E-state index < -0.39 is 5.97 Å². The number of methoxy groups -OCH3 is 1. The smallest absolute Gasteiger partial charge is 0.339 e. The maximum Gasteiger partial charge on any atom is 0.339 e. The van der Waals surface area contributed by atoms with E-state index in [-0.39, 0.29) is 16.2 Å². The summed E-state index contributed by atoms with van der Waals surface area (Å²) in [6, 6.07) is 4.55. The zero-order valence-corrected chi connectivity index (χ0v) is 7.34. The normalized spacial score (nSPS) is 9.50. The summed E-state index contributed by atoms with van der Waals surface area (Å²) in [5.74, 6) is -0.530. The zero-order valence-electron chi connectivity index (χ0n) is 6.44. The van der Waals surface area contributed by atoms with Gasteiger partial charge < -0.3 is 9.84 Å². The molecule has 1 N–H and O–H groups in total. The van der Waals surface area contributed by atoms with Crippen LogP contribution in [-0.2, 0) is 4.74 Å². The van der Waals surface area contributed by atoms with Crippen LogP contribution in [0.15, 0.2) is 23.1 Å². The lowest BCUT2D eigenvalue weighted by molar-refractivity contribution is 0.0596. The first-order valence-electron chi connectivity index (χ1n) is 3.26. The van der Waals surface area contributed by atoms with Crippen LogP contribution in [0.2, 0.25) is 0 Å². The van der Waals surface area contributed by atoms with Gasteiger partial charge in [-0.15, -0.1) is 12.6 Å². The molecule has 0 aliphatic rings. The number of phenols is 1. The largest absolute Gasteiger partial charge is 0.507 e. The highest BCUT2D eigenvalue weighted by Crippen LogP contribution is 2.24. The number of carbonyl (C=O) groups excluding carboxylic acids is 1. The minimum absolute atomic E-state index is 0.0266. The second kappa shape index (κ2) is 3.49. The first-order valence-corrected chi connectivity index (χ1v) is 3.70. The molecule has 1 aromatic rings. The van der Waals surface area contributed by atoms with Gasteiger partial charge in [0, 0.05) is 0 Å². The fourth-order valence-corrected chi connectivity index (χ4v) is 1.05. The SMILES string of the molecule is COC(=O)c1cccc(O)c1S. The van der Waals surface area contributed by atoms with Crippen LogP contribution >= 0.6 is 12.6 Å². The molecular weight excluding hydrogens is 176 g/mol. The molecule has 0 aliphatic carbocycles. The summed E-state index contributed by atoms with van der Waals surface area (Å²) in [6.45, 7) is 0. The zero-order chi connectivity index (χ0) is 9.14. The number of hydrogen-bond donors (Lipinski definition) is 2. The minimum Gasteiger partial charge on any atom is -0.507 e. The van der Waals surface area contributed by atoms with E-state index in [2.05, 4.69) is 17.4 Å². The highest BCUT2D eigenvalue weighted by atomic mass is 32.1. The van der Waals surface area contributed by atoms with Gasteiger partial charge in [0.2, 0.25) is 0 Å². The molecule has 1 aromatic carbocycles. The van der Waals surface area contributed by atoms with Gasteiger partial charge in [-0.05, 0) is 12.1 Å². The van der Waals surface area contributed by atoms with E-state index in [4.69, 9.17) is 5.11 Å². The van der Waals surface area contributed by atoms with Crippen LogP contribution in [0.3, 0.4) is 0 Å². The third-order valence-corrected chi connectivity index (χ3v) is 1.89. The predicted octanol–water partition coefficient (Wildman–Crippen LogP) is 1.47. The van der Waals surface area contributed by atoms with E-state index in [0.717, 1.165) is 0 Å². The van der Waals surface area contributed by atoms with Crippen LogP contribution in [0.5, 0.6) is 5.75 Å². The van der Waals surface area contributed by atoms with Gasteiger partial charge in [0.15, 0.2) is 0 Å². The van der Waals surface area contributed by atoms with Crippen LogP contribution in [0.4, 0.5) is 0 Å². The van der Waals surface area contributed by atoms with Crippen LogP contribution in [0.25, 0.3) is 0 Å². The number of benzene rings is 1. The summed E-state index contributed by atoms with van der Waals surface area (Å²) in [5.41, 5.74) is 0.265. The van der Waals surface area contributed by atoms with Crippen molar-refractivity contribution in [2.24, 2.45) is 0 Å². The van der Waals surface area contributed by atoms with Gasteiger partial charge in [-0.1, -0.05) is 6.07 Å². The quantitative estimate of drug-likeness (QED) is 0.513. The lowest BCUT2D eigenvalue weighted by Crippen LogP contribution is -2.01. The Morgan fingerprint density at radius 3 is 2.83 bits per heavy atom. The number of aromatic hydroxyl groups is 1. The highest BCUT2D eigenvalue weighted by Gasteiger charge is 2.11. The van der Waals surface area contributed by atoms with Crippen LogP contribution in [0.1, 0.15) is 10.4 Å². The van der Waals surface area contributed by atoms with E-state index in [9.17, 15) is 4.79 Å². The van der Waals surface area contributed by atoms with Crippen molar-refractivity contribution in [2.45, 2.75) is 4.90 Å². The number of esters is 1. The Balaban J connectivity index is 3.16. The van der Waals surface area contributed by atoms with E-state index in [1.165, 1.54) is 19.2 Å². The van der Waals surface area contributed by atoms with Crippen LogP contribution < -0.4 is 0 Å². The van der Waals surface area contributed by atoms with Crippen molar-refractivity contribution in [3.8, 4) is 5.75 Å². The van der Waals surface area contributed by atoms with Crippen molar-refractivity contribution >= 4 is 18.6 Å². The summed E-state index contributed by atoms with van der Waals surface area (Å²) in [6.07, 6.45) is 0. The third kappa shape index (κ3) is 1.53. The lowest BCUT2D eigenvalue weighted by Gasteiger charge is -2.03. The van der Waals surface area contributed by atoms with Gasteiger partial charge in [0.1, 0.15) is 5.75 Å². The van der Waals surface area contributed by atoms with Crippen molar-refractivity contribution < 1.29 is 14.6 Å². The molecule has 0 radical (unpaired) electrons. The second-order valence-electron chi connectivity index (χ2n) is 2.16. The first-order chi connectivity index (χ1) is 5.66. The Bertz CT molecular complexity index is 309. The molecular formula is C8H8O3S. The molecule has 0 aromatic heterocycles. The maximum absolute atomic E-state index is 11.0. The molecule has 3 nitrogen and oxygen atoms in total. The average molecular weight is 184 g/mol. The Labute approximate surface area is 75.4 Å². The molecule has 0 saturated carbocycles. The Kier molecular flexibility index (Phi) is 2.60. The van der Waals surface area contributed by atoms with E-state index in [1.807, 2.05) is 0 Å². The number of ether oxygens (including phenoxy) is 1. The molecule has 4 heteroatoms. The Morgan fingerprint density at radius 2 is 2.25 bits per heavy atom. The Morgan fingerprint density at radius 1 is 1.58 bits per heavy atom. The number of rotatable bonds is 1. The molecule has 0 aliphatic heterocycles. The maximum atomic E-state index is 11.0. The lowest BCUT2D eigenvalue weighted by atomic mass is 10.2. The van der Waals surface area contributed by atoms with Gasteiger partial charge in [-0.3, -0.25) is 0 Å². The van der Waals surface area contributed by atoms with Gasteiger partial charge in [-0.2, -0.15) is 0 Å². The molecule has 64 valence electrons. The second-order valence-corrected chi connectivity index (χ2v) is 2.61. The molecule has 0 atom stereocenters. The Hall–Kier alpha value is -1.16. The summed E-state index contributed by atoms with van der Waals surface area (Å²) in [5, 5.41) is 9.16. The summed E-state index contributed by atoms with van der Waals surface area (Å²) in [4.78, 5) is 11.2. The summed E-state index contributed by atoms with van der Waals surface area (Å²) < 4.78 is 4.47. The summed E-state index contributed by atoms with van der Waals surface area (Å²) in [7, 11) is 1.28. The standard InChI is InChI=1S/C8H8O3S/c1-11-8(10)5-3-2-4-6(9)7(5)12/h2-4,9,12H,1H3. The number of phenolic OH excluding ortho intramolecular Hbond substituents is 1. The third-order valence-electron chi connectivity index (χ3n) is 1.42. The van der Waals surface area contributed by atoms with Crippen molar-refractivity contribution in [1.82, 2.24) is 0 Å².